The van der Waals surface area contributed by atoms with E-state index < -0.39 is 0 Å². The lowest BCUT2D eigenvalue weighted by Crippen LogP contribution is -2.58. The van der Waals surface area contributed by atoms with E-state index in [2.05, 4.69) is 11.0 Å². The van der Waals surface area contributed by atoms with Crippen LogP contribution in [-0.2, 0) is 0 Å². The fourth-order valence-corrected chi connectivity index (χ4v) is 3.41. The van der Waals surface area contributed by atoms with Crippen LogP contribution in [0.2, 0.25) is 0 Å². The Bertz CT molecular complexity index is 598. The first-order valence-corrected chi connectivity index (χ1v) is 8.26. The number of β-amino-alcohol motifs (C(OH)–C–C–N with tert-alkyl or cyclic N) is 1. The summed E-state index contributed by atoms with van der Waals surface area (Å²) < 4.78 is 0. The molecule has 1 saturated heterocycles. The van der Waals surface area contributed by atoms with Crippen molar-refractivity contribution < 1.29 is 9.90 Å². The van der Waals surface area contributed by atoms with Gasteiger partial charge < -0.3 is 10.0 Å². The van der Waals surface area contributed by atoms with Crippen LogP contribution >= 0.6 is 0 Å². The number of carbonyl (C=O) groups excluding carboxylic acids is 1. The van der Waals surface area contributed by atoms with E-state index in [1.54, 1.807) is 24.3 Å². The average Bonchev–Trinajstić information content (AvgIpc) is 2.49. The Labute approximate surface area is 137 Å². The quantitative estimate of drug-likeness (QED) is 0.894. The molecule has 1 amide bonds. The van der Waals surface area contributed by atoms with Gasteiger partial charge in [0.15, 0.2) is 0 Å². The van der Waals surface area contributed by atoms with Gasteiger partial charge in [-0.05, 0) is 43.0 Å². The fourth-order valence-electron chi connectivity index (χ4n) is 3.41. The maximum absolute atomic E-state index is 12.8. The van der Waals surface area contributed by atoms with E-state index in [0.29, 0.717) is 30.1 Å². The number of aliphatic hydroxyl groups excluding tert-OH is 1. The molecule has 1 atom stereocenters. The highest BCUT2D eigenvalue weighted by Crippen LogP contribution is 2.33. The van der Waals surface area contributed by atoms with Crippen LogP contribution in [0.1, 0.15) is 35.2 Å². The molecule has 1 aliphatic heterocycles. The Morgan fingerprint density at radius 2 is 2.04 bits per heavy atom. The second-order valence-corrected chi connectivity index (χ2v) is 6.74. The lowest BCUT2D eigenvalue weighted by atomic mass is 9.78. The van der Waals surface area contributed by atoms with Crippen LogP contribution in [0.25, 0.3) is 0 Å². The van der Waals surface area contributed by atoms with Crippen molar-refractivity contribution in [2.75, 3.05) is 26.7 Å². The minimum absolute atomic E-state index is 0.00691. The van der Waals surface area contributed by atoms with Crippen LogP contribution < -0.4 is 0 Å². The van der Waals surface area contributed by atoms with Crippen molar-refractivity contribution in [3.8, 4) is 6.07 Å². The highest BCUT2D eigenvalue weighted by molar-refractivity contribution is 5.94. The Hall–Kier alpha value is -1.90. The molecule has 0 spiro atoms. The van der Waals surface area contributed by atoms with Crippen LogP contribution in [0.15, 0.2) is 24.3 Å². The number of amides is 1. The van der Waals surface area contributed by atoms with Crippen LogP contribution in [-0.4, -0.2) is 59.6 Å². The zero-order valence-electron chi connectivity index (χ0n) is 13.5. The van der Waals surface area contributed by atoms with Crippen molar-refractivity contribution in [2.24, 2.45) is 5.92 Å². The fraction of sp³-hybridized carbons (Fsp3) is 0.556. The van der Waals surface area contributed by atoms with E-state index >= 15 is 0 Å². The molecule has 2 aliphatic rings. The number of likely N-dealkylation sites (N-methyl/N-ethyl adjacent to an activating group) is 1. The molecule has 1 aromatic rings. The minimum Gasteiger partial charge on any atom is -0.390 e. The lowest BCUT2D eigenvalue weighted by Gasteiger charge is -2.45. The summed E-state index contributed by atoms with van der Waals surface area (Å²) in [5, 5.41) is 18.3. The SMILES string of the molecule is CN(C(=O)c1ccc(C#N)cc1)[C@@H](CN1CC(O)C1)C1CCC1. The third-order valence-electron chi connectivity index (χ3n) is 5.16. The molecule has 122 valence electrons. The summed E-state index contributed by atoms with van der Waals surface area (Å²) in [6, 6.07) is 9.09. The number of nitrogens with zero attached hydrogens (tertiary/aromatic N) is 3. The van der Waals surface area contributed by atoms with Gasteiger partial charge in [0, 0.05) is 38.3 Å². The zero-order valence-corrected chi connectivity index (χ0v) is 13.5. The van der Waals surface area contributed by atoms with E-state index in [-0.39, 0.29) is 18.1 Å². The first-order valence-electron chi connectivity index (χ1n) is 8.26. The molecule has 1 aliphatic carbocycles. The first kappa shape index (κ1) is 16.0. The summed E-state index contributed by atoms with van der Waals surface area (Å²) >= 11 is 0. The van der Waals surface area contributed by atoms with Gasteiger partial charge >= 0.3 is 0 Å². The Morgan fingerprint density at radius 3 is 2.52 bits per heavy atom. The number of hydrogen-bond acceptors (Lipinski definition) is 4. The molecule has 2 fully saturated rings. The van der Waals surface area contributed by atoms with Gasteiger partial charge in [0.2, 0.25) is 0 Å². The van der Waals surface area contributed by atoms with Gasteiger partial charge in [-0.25, -0.2) is 0 Å². The molecule has 1 heterocycles. The standard InChI is InChI=1S/C18H23N3O2/c1-20(18(23)15-7-5-13(9-19)6-8-15)17(14-3-2-4-14)12-21-10-16(22)11-21/h5-8,14,16-17,22H,2-4,10-12H2,1H3/t17-/m0/s1. The van der Waals surface area contributed by atoms with Crippen molar-refractivity contribution in [3.05, 3.63) is 35.4 Å². The number of benzene rings is 1. The summed E-state index contributed by atoms with van der Waals surface area (Å²) in [5.74, 6) is 0.563. The number of carbonyl (C=O) groups is 1. The maximum atomic E-state index is 12.8. The van der Waals surface area contributed by atoms with Crippen LogP contribution in [0.5, 0.6) is 0 Å². The molecule has 0 bridgehead atoms. The second kappa shape index (κ2) is 6.69. The third-order valence-corrected chi connectivity index (χ3v) is 5.16. The Balaban J connectivity index is 1.69. The first-order chi connectivity index (χ1) is 11.1. The second-order valence-electron chi connectivity index (χ2n) is 6.74. The molecule has 0 radical (unpaired) electrons. The van der Waals surface area contributed by atoms with Crippen molar-refractivity contribution >= 4 is 5.91 Å². The molecule has 0 unspecified atom stereocenters. The van der Waals surface area contributed by atoms with Crippen molar-refractivity contribution in [2.45, 2.75) is 31.4 Å². The average molecular weight is 313 g/mol. The third kappa shape index (κ3) is 3.39. The van der Waals surface area contributed by atoms with E-state index in [4.69, 9.17) is 5.26 Å². The topological polar surface area (TPSA) is 67.6 Å². The van der Waals surface area contributed by atoms with Gasteiger partial charge in [-0.1, -0.05) is 6.42 Å². The van der Waals surface area contributed by atoms with Crippen LogP contribution in [0, 0.1) is 17.2 Å². The van der Waals surface area contributed by atoms with E-state index in [1.807, 2.05) is 11.9 Å². The summed E-state index contributed by atoms with van der Waals surface area (Å²) in [7, 11) is 1.87. The van der Waals surface area contributed by atoms with E-state index in [9.17, 15) is 9.90 Å². The summed E-state index contributed by atoms with van der Waals surface area (Å²) in [5.41, 5.74) is 1.19. The number of rotatable bonds is 5. The molecule has 1 N–H and O–H groups in total. The number of nitriles is 1. The predicted octanol–water partition coefficient (Wildman–Crippen LogP) is 1.48. The Kier molecular flexibility index (Phi) is 4.65. The van der Waals surface area contributed by atoms with Gasteiger partial charge in [0.1, 0.15) is 0 Å². The summed E-state index contributed by atoms with van der Waals surface area (Å²) in [6.45, 7) is 2.25. The van der Waals surface area contributed by atoms with Gasteiger partial charge in [0.25, 0.3) is 5.91 Å². The summed E-state index contributed by atoms with van der Waals surface area (Å²) in [6.07, 6.45) is 3.37. The van der Waals surface area contributed by atoms with Crippen LogP contribution in [0.3, 0.4) is 0 Å². The highest BCUT2D eigenvalue weighted by atomic mass is 16.3. The normalized spacial score (nSPS) is 20.2. The maximum Gasteiger partial charge on any atom is 0.253 e. The van der Waals surface area contributed by atoms with Gasteiger partial charge in [0.05, 0.1) is 17.7 Å². The molecular weight excluding hydrogens is 290 g/mol. The minimum atomic E-state index is -0.212. The lowest BCUT2D eigenvalue weighted by molar-refractivity contribution is -0.0223. The van der Waals surface area contributed by atoms with Crippen LogP contribution in [0.4, 0.5) is 0 Å². The number of aliphatic hydroxyl groups is 1. The van der Waals surface area contributed by atoms with Crippen molar-refractivity contribution in [1.82, 2.24) is 9.80 Å². The van der Waals surface area contributed by atoms with Crippen molar-refractivity contribution in [3.63, 3.8) is 0 Å². The number of hydrogen-bond donors (Lipinski definition) is 1. The molecular formula is C18H23N3O2. The smallest absolute Gasteiger partial charge is 0.253 e. The van der Waals surface area contributed by atoms with E-state index in [1.165, 1.54) is 19.3 Å². The molecule has 3 rings (SSSR count). The number of likely N-dealkylation sites (tertiary alicyclic amines) is 1. The molecule has 1 aromatic carbocycles. The zero-order chi connectivity index (χ0) is 16.4. The predicted molar refractivity (Wildman–Crippen MR) is 86.8 cm³/mol. The van der Waals surface area contributed by atoms with E-state index in [0.717, 1.165) is 6.54 Å². The molecule has 1 saturated carbocycles. The van der Waals surface area contributed by atoms with Crippen molar-refractivity contribution in [1.29, 1.82) is 5.26 Å². The Morgan fingerprint density at radius 1 is 1.39 bits per heavy atom. The van der Waals surface area contributed by atoms with Gasteiger partial charge in [-0.15, -0.1) is 0 Å². The largest absolute Gasteiger partial charge is 0.390 e. The van der Waals surface area contributed by atoms with Gasteiger partial charge in [-0.3, -0.25) is 9.69 Å². The monoisotopic (exact) mass is 313 g/mol. The summed E-state index contributed by atoms with van der Waals surface area (Å²) in [4.78, 5) is 16.8. The molecule has 5 heteroatoms. The molecule has 23 heavy (non-hydrogen) atoms. The molecule has 0 aromatic heterocycles. The molecule has 5 nitrogen and oxygen atoms in total. The van der Waals surface area contributed by atoms with Gasteiger partial charge in [-0.2, -0.15) is 5.26 Å². The highest BCUT2D eigenvalue weighted by Gasteiger charge is 2.36.